The van der Waals surface area contributed by atoms with Gasteiger partial charge in [-0.3, -0.25) is 4.79 Å². The number of ether oxygens (including phenoxy) is 3. The molecule has 0 bridgehead atoms. The van der Waals surface area contributed by atoms with Crippen molar-refractivity contribution in [1.29, 1.82) is 0 Å². The Kier molecular flexibility index (Phi) is 6.66. The van der Waals surface area contributed by atoms with Crippen LogP contribution in [0.1, 0.15) is 23.2 Å². The molecule has 0 saturated carbocycles. The Labute approximate surface area is 158 Å². The molecule has 1 amide bonds. The second-order valence-electron chi connectivity index (χ2n) is 6.17. The minimum atomic E-state index is -3.26. The van der Waals surface area contributed by atoms with Crippen LogP contribution in [0.5, 0.6) is 11.5 Å². The Morgan fingerprint density at radius 1 is 1.07 bits per heavy atom. The monoisotopic (exact) mass is 400 g/mol. The molecule has 2 rings (SSSR count). The van der Waals surface area contributed by atoms with Gasteiger partial charge < -0.3 is 19.5 Å². The number of nitrogens with one attached hydrogen (secondary N) is 1. The summed E-state index contributed by atoms with van der Waals surface area (Å²) < 4.78 is 39.7. The summed E-state index contributed by atoms with van der Waals surface area (Å²) in [5.41, 5.74) is 0.382. The van der Waals surface area contributed by atoms with Gasteiger partial charge in [-0.2, -0.15) is 0 Å². The van der Waals surface area contributed by atoms with Crippen LogP contribution in [0, 0.1) is 5.92 Å². The van der Waals surface area contributed by atoms with Crippen molar-refractivity contribution in [3.05, 3.63) is 17.7 Å². The average Bonchev–Trinajstić information content (AvgIpc) is 2.66. The first kappa shape index (κ1) is 21.0. The highest BCUT2D eigenvalue weighted by Gasteiger charge is 2.30. The molecule has 27 heavy (non-hydrogen) atoms. The van der Waals surface area contributed by atoms with Crippen molar-refractivity contribution in [3.63, 3.8) is 0 Å². The number of sulfonamides is 1. The third kappa shape index (κ3) is 4.89. The van der Waals surface area contributed by atoms with Crippen LogP contribution in [0.15, 0.2) is 12.1 Å². The van der Waals surface area contributed by atoms with Crippen LogP contribution in [0.25, 0.3) is 0 Å². The molecule has 1 aliphatic heterocycles. The molecule has 1 fully saturated rings. The number of carbonyl (C=O) groups is 2. The lowest BCUT2D eigenvalue weighted by atomic mass is 9.97. The molecule has 1 N–H and O–H groups in total. The largest absolute Gasteiger partial charge is 0.493 e. The number of piperidine rings is 1. The number of amides is 1. The first-order valence-corrected chi connectivity index (χ1v) is 10.2. The van der Waals surface area contributed by atoms with E-state index in [9.17, 15) is 18.0 Å². The van der Waals surface area contributed by atoms with Crippen molar-refractivity contribution < 1.29 is 32.2 Å². The van der Waals surface area contributed by atoms with Crippen molar-refractivity contribution in [1.82, 2.24) is 4.31 Å². The van der Waals surface area contributed by atoms with E-state index < -0.39 is 16.0 Å². The van der Waals surface area contributed by atoms with E-state index in [1.807, 2.05) is 0 Å². The van der Waals surface area contributed by atoms with Crippen molar-refractivity contribution in [2.75, 3.05) is 46.0 Å². The zero-order chi connectivity index (χ0) is 20.2. The minimum Gasteiger partial charge on any atom is -0.493 e. The van der Waals surface area contributed by atoms with Gasteiger partial charge in [0.1, 0.15) is 0 Å². The summed E-state index contributed by atoms with van der Waals surface area (Å²) in [5.74, 6) is -0.593. The summed E-state index contributed by atoms with van der Waals surface area (Å²) in [4.78, 5) is 24.7. The predicted molar refractivity (Wildman–Crippen MR) is 98.7 cm³/mol. The quantitative estimate of drug-likeness (QED) is 0.712. The summed E-state index contributed by atoms with van der Waals surface area (Å²) in [7, 11) is 0.864. The van der Waals surface area contributed by atoms with Gasteiger partial charge in [0.25, 0.3) is 0 Å². The standard InChI is InChI=1S/C17H24N2O7S/c1-24-14-9-12(17(21)26-3)13(10-15(14)25-2)18-16(20)11-5-7-19(8-6-11)27(4,22)23/h9-11H,5-8H2,1-4H3,(H,18,20). The number of esters is 1. The number of carbonyl (C=O) groups excluding carboxylic acids is 2. The van der Waals surface area contributed by atoms with E-state index in [0.717, 1.165) is 6.26 Å². The number of hydrogen-bond donors (Lipinski definition) is 1. The van der Waals surface area contributed by atoms with E-state index in [1.165, 1.54) is 37.8 Å². The first-order chi connectivity index (χ1) is 12.7. The van der Waals surface area contributed by atoms with E-state index in [2.05, 4.69) is 5.32 Å². The van der Waals surface area contributed by atoms with Gasteiger partial charge in [0.15, 0.2) is 11.5 Å². The van der Waals surface area contributed by atoms with Crippen molar-refractivity contribution in [2.45, 2.75) is 12.8 Å². The number of benzene rings is 1. The molecule has 0 unspecified atom stereocenters. The Morgan fingerprint density at radius 2 is 1.63 bits per heavy atom. The normalized spacial score (nSPS) is 15.9. The van der Waals surface area contributed by atoms with Gasteiger partial charge in [-0.25, -0.2) is 17.5 Å². The highest BCUT2D eigenvalue weighted by atomic mass is 32.2. The summed E-state index contributed by atoms with van der Waals surface area (Å²) in [6.45, 7) is 0.569. The lowest BCUT2D eigenvalue weighted by molar-refractivity contribution is -0.120. The minimum absolute atomic E-state index is 0.136. The van der Waals surface area contributed by atoms with Crippen molar-refractivity contribution in [2.24, 2.45) is 5.92 Å². The van der Waals surface area contributed by atoms with Crippen LogP contribution in [0.2, 0.25) is 0 Å². The van der Waals surface area contributed by atoms with Gasteiger partial charge >= 0.3 is 5.97 Å². The lowest BCUT2D eigenvalue weighted by Gasteiger charge is -2.29. The van der Waals surface area contributed by atoms with Crippen LogP contribution in [0.3, 0.4) is 0 Å². The molecular weight excluding hydrogens is 376 g/mol. The summed E-state index contributed by atoms with van der Waals surface area (Å²) in [6, 6.07) is 2.93. The maximum absolute atomic E-state index is 12.6. The fourth-order valence-electron chi connectivity index (χ4n) is 2.95. The van der Waals surface area contributed by atoms with Gasteiger partial charge in [-0.05, 0) is 12.8 Å². The third-order valence-electron chi connectivity index (χ3n) is 4.48. The lowest BCUT2D eigenvalue weighted by Crippen LogP contribution is -2.41. The molecule has 0 spiro atoms. The fourth-order valence-corrected chi connectivity index (χ4v) is 3.82. The van der Waals surface area contributed by atoms with Gasteiger partial charge in [0.2, 0.25) is 15.9 Å². The van der Waals surface area contributed by atoms with Crippen LogP contribution >= 0.6 is 0 Å². The Balaban J connectivity index is 2.20. The molecule has 1 saturated heterocycles. The molecule has 0 radical (unpaired) electrons. The Bertz CT molecular complexity index is 815. The topological polar surface area (TPSA) is 111 Å². The zero-order valence-corrected chi connectivity index (χ0v) is 16.6. The molecular formula is C17H24N2O7S. The van der Waals surface area contributed by atoms with E-state index in [1.54, 1.807) is 0 Å². The number of nitrogens with zero attached hydrogens (tertiary/aromatic N) is 1. The predicted octanol–water partition coefficient (Wildman–Crippen LogP) is 1.10. The average molecular weight is 400 g/mol. The van der Waals surface area contributed by atoms with Crippen molar-refractivity contribution in [3.8, 4) is 11.5 Å². The van der Waals surface area contributed by atoms with Crippen molar-refractivity contribution >= 4 is 27.6 Å². The van der Waals surface area contributed by atoms with Crippen LogP contribution in [0.4, 0.5) is 5.69 Å². The molecule has 1 aromatic rings. The van der Waals surface area contributed by atoms with E-state index in [0.29, 0.717) is 24.3 Å². The fraction of sp³-hybridized carbons (Fsp3) is 0.529. The summed E-state index contributed by atoms with van der Waals surface area (Å²) in [6.07, 6.45) is 1.96. The van der Waals surface area contributed by atoms with E-state index in [4.69, 9.17) is 14.2 Å². The molecule has 150 valence electrons. The summed E-state index contributed by atoms with van der Waals surface area (Å²) >= 11 is 0. The molecule has 1 heterocycles. The second kappa shape index (κ2) is 8.57. The maximum Gasteiger partial charge on any atom is 0.340 e. The highest BCUT2D eigenvalue weighted by Crippen LogP contribution is 2.34. The number of anilines is 1. The molecule has 1 aromatic carbocycles. The molecule has 1 aliphatic rings. The van der Waals surface area contributed by atoms with Gasteiger partial charge in [-0.15, -0.1) is 0 Å². The Hall–Kier alpha value is -2.33. The van der Waals surface area contributed by atoms with Gasteiger partial charge in [0, 0.05) is 31.1 Å². The van der Waals surface area contributed by atoms with E-state index in [-0.39, 0.29) is 36.2 Å². The van der Waals surface area contributed by atoms with Crippen LogP contribution in [-0.2, 0) is 19.6 Å². The molecule has 0 atom stereocenters. The third-order valence-corrected chi connectivity index (χ3v) is 5.78. The summed E-state index contributed by atoms with van der Waals surface area (Å²) in [5, 5.41) is 2.73. The molecule has 0 aromatic heterocycles. The van der Waals surface area contributed by atoms with Crippen LogP contribution in [-0.4, -0.2) is 65.3 Å². The maximum atomic E-state index is 12.6. The van der Waals surface area contributed by atoms with Crippen LogP contribution < -0.4 is 14.8 Å². The number of hydrogen-bond acceptors (Lipinski definition) is 7. The smallest absolute Gasteiger partial charge is 0.340 e. The molecule has 0 aliphatic carbocycles. The Morgan fingerprint density at radius 3 is 2.11 bits per heavy atom. The SMILES string of the molecule is COC(=O)c1cc(OC)c(OC)cc1NC(=O)C1CCN(S(C)(=O)=O)CC1. The first-order valence-electron chi connectivity index (χ1n) is 8.31. The number of rotatable bonds is 6. The van der Waals surface area contributed by atoms with Gasteiger partial charge in [-0.1, -0.05) is 0 Å². The molecule has 9 nitrogen and oxygen atoms in total. The van der Waals surface area contributed by atoms with Gasteiger partial charge in [0.05, 0.1) is 38.8 Å². The second-order valence-corrected chi connectivity index (χ2v) is 8.15. The number of methoxy groups -OCH3 is 3. The van der Waals surface area contributed by atoms with E-state index >= 15 is 0 Å². The molecule has 10 heteroatoms. The highest BCUT2D eigenvalue weighted by molar-refractivity contribution is 7.88. The zero-order valence-electron chi connectivity index (χ0n) is 15.8.